The first-order valence-corrected chi connectivity index (χ1v) is 5.29. The van der Waals surface area contributed by atoms with E-state index in [9.17, 15) is 4.79 Å². The molecule has 1 N–H and O–H groups in total. The summed E-state index contributed by atoms with van der Waals surface area (Å²) in [4.78, 5) is 14.5. The van der Waals surface area contributed by atoms with E-state index < -0.39 is 0 Å². The Hall–Kier alpha value is -1.29. The summed E-state index contributed by atoms with van der Waals surface area (Å²) in [7, 11) is 1.59. The monoisotopic (exact) mass is 267 g/mol. The van der Waals surface area contributed by atoms with E-state index in [1.807, 2.05) is 13.0 Å². The van der Waals surface area contributed by atoms with Crippen molar-refractivity contribution in [1.29, 1.82) is 0 Å². The zero-order valence-electron chi connectivity index (χ0n) is 8.43. The van der Waals surface area contributed by atoms with Crippen LogP contribution in [0.1, 0.15) is 5.69 Å². The van der Waals surface area contributed by atoms with Crippen LogP contribution in [-0.2, 0) is 0 Å². The molecule has 0 fully saturated rings. The van der Waals surface area contributed by atoms with E-state index in [0.717, 1.165) is 15.6 Å². The van der Waals surface area contributed by atoms with Crippen molar-refractivity contribution in [2.24, 2.45) is 0 Å². The summed E-state index contributed by atoms with van der Waals surface area (Å²) in [5.41, 5.74) is 0.710. The number of methoxy groups -OCH3 is 1. The molecule has 0 saturated heterocycles. The first kappa shape index (κ1) is 10.2. The number of hydrogen-bond donors (Lipinski definition) is 1. The van der Waals surface area contributed by atoms with Gasteiger partial charge in [-0.15, -0.1) is 0 Å². The van der Waals surface area contributed by atoms with Gasteiger partial charge in [0.2, 0.25) is 0 Å². The molecule has 0 aliphatic rings. The van der Waals surface area contributed by atoms with Crippen LogP contribution in [0.4, 0.5) is 0 Å². The lowest BCUT2D eigenvalue weighted by Crippen LogP contribution is -2.08. The van der Waals surface area contributed by atoms with Crippen molar-refractivity contribution in [3.8, 4) is 5.75 Å². The molecule has 0 unspecified atom stereocenters. The molecular weight excluding hydrogens is 258 g/mol. The molecule has 1 aromatic heterocycles. The van der Waals surface area contributed by atoms with E-state index >= 15 is 0 Å². The molecule has 1 aromatic carbocycles. The fourth-order valence-corrected chi connectivity index (χ4v) is 2.10. The molecule has 0 radical (unpaired) electrons. The number of halogens is 1. The molecule has 4 heteroatoms. The zero-order valence-corrected chi connectivity index (χ0v) is 10.0. The minimum absolute atomic E-state index is 0.0930. The summed E-state index contributed by atoms with van der Waals surface area (Å²) >= 11 is 3.46. The summed E-state index contributed by atoms with van der Waals surface area (Å²) in [6.45, 7) is 1.84. The van der Waals surface area contributed by atoms with Crippen LogP contribution >= 0.6 is 15.9 Å². The number of pyridine rings is 1. The van der Waals surface area contributed by atoms with E-state index in [-0.39, 0.29) is 5.56 Å². The van der Waals surface area contributed by atoms with Gasteiger partial charge in [-0.05, 0) is 35.0 Å². The van der Waals surface area contributed by atoms with Gasteiger partial charge in [0.15, 0.2) is 0 Å². The molecule has 0 saturated carbocycles. The maximum Gasteiger partial charge on any atom is 0.256 e. The smallest absolute Gasteiger partial charge is 0.256 e. The quantitative estimate of drug-likeness (QED) is 0.863. The SMILES string of the molecule is COc1cccc2c(=O)[nH]c(C)c(Br)c12. The highest BCUT2D eigenvalue weighted by Gasteiger charge is 2.10. The molecule has 15 heavy (non-hydrogen) atoms. The number of ether oxygens (including phenoxy) is 1. The minimum Gasteiger partial charge on any atom is -0.496 e. The van der Waals surface area contributed by atoms with Crippen molar-refractivity contribution in [3.63, 3.8) is 0 Å². The maximum absolute atomic E-state index is 11.7. The number of aromatic amines is 1. The van der Waals surface area contributed by atoms with Gasteiger partial charge in [0.25, 0.3) is 5.56 Å². The number of benzene rings is 1. The molecule has 78 valence electrons. The van der Waals surface area contributed by atoms with Crippen LogP contribution in [0.3, 0.4) is 0 Å². The first-order chi connectivity index (χ1) is 7.15. The Morgan fingerprint density at radius 3 is 2.80 bits per heavy atom. The van der Waals surface area contributed by atoms with Gasteiger partial charge < -0.3 is 9.72 Å². The molecule has 2 rings (SSSR count). The Bertz CT molecular complexity index is 575. The Balaban J connectivity index is 3.03. The van der Waals surface area contributed by atoms with E-state index in [1.165, 1.54) is 0 Å². The summed E-state index contributed by atoms with van der Waals surface area (Å²) in [5.74, 6) is 0.702. The van der Waals surface area contributed by atoms with Gasteiger partial charge in [-0.25, -0.2) is 0 Å². The number of aryl methyl sites for hydroxylation is 1. The maximum atomic E-state index is 11.7. The van der Waals surface area contributed by atoms with Gasteiger partial charge in [0.05, 0.1) is 12.5 Å². The standard InChI is InChI=1S/C11H10BrNO2/c1-6-10(12)9-7(11(14)13-6)4-3-5-8(9)15-2/h3-5H,1-2H3,(H,13,14). The van der Waals surface area contributed by atoms with Gasteiger partial charge in [0.1, 0.15) is 5.75 Å². The highest BCUT2D eigenvalue weighted by atomic mass is 79.9. The van der Waals surface area contributed by atoms with Gasteiger partial charge in [-0.1, -0.05) is 6.07 Å². The minimum atomic E-state index is -0.0930. The Morgan fingerprint density at radius 2 is 2.13 bits per heavy atom. The van der Waals surface area contributed by atoms with Crippen molar-refractivity contribution in [2.75, 3.05) is 7.11 Å². The number of H-pyrrole nitrogens is 1. The molecule has 1 heterocycles. The summed E-state index contributed by atoms with van der Waals surface area (Å²) in [5, 5.41) is 1.45. The second-order valence-corrected chi connectivity index (χ2v) is 4.07. The Morgan fingerprint density at radius 1 is 1.40 bits per heavy atom. The van der Waals surface area contributed by atoms with Crippen molar-refractivity contribution in [1.82, 2.24) is 4.98 Å². The fourth-order valence-electron chi connectivity index (χ4n) is 1.60. The van der Waals surface area contributed by atoms with E-state index in [1.54, 1.807) is 19.2 Å². The third-order valence-corrected chi connectivity index (χ3v) is 3.33. The number of hydrogen-bond acceptors (Lipinski definition) is 2. The average molecular weight is 268 g/mol. The number of fused-ring (bicyclic) bond motifs is 1. The molecule has 3 nitrogen and oxygen atoms in total. The third kappa shape index (κ3) is 1.55. The number of aromatic nitrogens is 1. The number of nitrogens with one attached hydrogen (secondary N) is 1. The molecule has 0 aliphatic carbocycles. The normalized spacial score (nSPS) is 10.6. The van der Waals surface area contributed by atoms with Crippen LogP contribution in [-0.4, -0.2) is 12.1 Å². The Labute approximate surface area is 95.2 Å². The lowest BCUT2D eigenvalue weighted by molar-refractivity contribution is 0.419. The predicted octanol–water partition coefficient (Wildman–Crippen LogP) is 2.61. The molecule has 0 spiro atoms. The average Bonchev–Trinajstić information content (AvgIpc) is 2.25. The first-order valence-electron chi connectivity index (χ1n) is 4.50. The zero-order chi connectivity index (χ0) is 11.0. The molecule has 2 aromatic rings. The van der Waals surface area contributed by atoms with Crippen molar-refractivity contribution in [2.45, 2.75) is 6.92 Å². The summed E-state index contributed by atoms with van der Waals surface area (Å²) < 4.78 is 6.11. The molecular formula is C11H10BrNO2. The van der Waals surface area contributed by atoms with Crippen molar-refractivity contribution < 1.29 is 4.74 Å². The van der Waals surface area contributed by atoms with E-state index in [0.29, 0.717) is 11.1 Å². The van der Waals surface area contributed by atoms with Gasteiger partial charge in [-0.2, -0.15) is 0 Å². The predicted molar refractivity (Wildman–Crippen MR) is 63.6 cm³/mol. The largest absolute Gasteiger partial charge is 0.496 e. The highest BCUT2D eigenvalue weighted by molar-refractivity contribution is 9.10. The second-order valence-electron chi connectivity index (χ2n) is 3.28. The molecule has 0 amide bonds. The Kier molecular flexibility index (Phi) is 2.52. The number of rotatable bonds is 1. The third-order valence-electron chi connectivity index (χ3n) is 2.34. The summed E-state index contributed by atoms with van der Waals surface area (Å²) in [6.07, 6.45) is 0. The molecule has 0 aliphatic heterocycles. The molecule has 0 bridgehead atoms. The lowest BCUT2D eigenvalue weighted by Gasteiger charge is -2.08. The van der Waals surface area contributed by atoms with Crippen LogP contribution in [0.2, 0.25) is 0 Å². The highest BCUT2D eigenvalue weighted by Crippen LogP contribution is 2.31. The van der Waals surface area contributed by atoms with Crippen molar-refractivity contribution in [3.05, 3.63) is 38.7 Å². The van der Waals surface area contributed by atoms with Crippen molar-refractivity contribution >= 4 is 26.7 Å². The van der Waals surface area contributed by atoms with Crippen LogP contribution in [0, 0.1) is 6.92 Å². The topological polar surface area (TPSA) is 42.1 Å². The van der Waals surface area contributed by atoms with Crippen LogP contribution in [0.15, 0.2) is 27.5 Å². The van der Waals surface area contributed by atoms with Crippen LogP contribution in [0.25, 0.3) is 10.8 Å². The lowest BCUT2D eigenvalue weighted by atomic mass is 10.1. The van der Waals surface area contributed by atoms with Gasteiger partial charge in [-0.3, -0.25) is 4.79 Å². The second kappa shape index (κ2) is 3.70. The van der Waals surface area contributed by atoms with Gasteiger partial charge >= 0.3 is 0 Å². The fraction of sp³-hybridized carbons (Fsp3) is 0.182. The van der Waals surface area contributed by atoms with E-state index in [2.05, 4.69) is 20.9 Å². The molecule has 0 atom stereocenters. The van der Waals surface area contributed by atoms with Crippen LogP contribution in [0.5, 0.6) is 5.75 Å². The summed E-state index contributed by atoms with van der Waals surface area (Å²) in [6, 6.07) is 5.42. The van der Waals surface area contributed by atoms with Crippen LogP contribution < -0.4 is 10.3 Å². The van der Waals surface area contributed by atoms with E-state index in [4.69, 9.17) is 4.74 Å². The van der Waals surface area contributed by atoms with Gasteiger partial charge in [0, 0.05) is 15.6 Å².